The van der Waals surface area contributed by atoms with E-state index >= 15 is 0 Å². The molecule has 0 saturated carbocycles. The van der Waals surface area contributed by atoms with Crippen molar-refractivity contribution in [1.29, 1.82) is 0 Å². The van der Waals surface area contributed by atoms with E-state index in [1.54, 1.807) is 0 Å². The van der Waals surface area contributed by atoms with Crippen molar-refractivity contribution in [2.24, 2.45) is 0 Å². The van der Waals surface area contributed by atoms with Crippen molar-refractivity contribution in [1.82, 2.24) is 9.55 Å². The Hall–Kier alpha value is -4.61. The van der Waals surface area contributed by atoms with Gasteiger partial charge in [0.1, 0.15) is 5.75 Å². The summed E-state index contributed by atoms with van der Waals surface area (Å²) >= 11 is 0. The summed E-state index contributed by atoms with van der Waals surface area (Å²) in [5.74, 6) is 1.02. The van der Waals surface area contributed by atoms with E-state index in [1.165, 1.54) is 39.5 Å². The number of imidazole rings is 1. The van der Waals surface area contributed by atoms with Crippen molar-refractivity contribution < 1.29 is 4.74 Å². The number of aromatic nitrogens is 2. The standard InChI is InChI=1S/C40H40BN2OSi/c1-2-3-16-30-44-35-22-17-27-38(31-35)45(36-23-12-6-13-24-36,37-25-14-7-15-26-37)32-43-29-28-42-40(43)41-39(33-18-8-4-9-19-33)34-20-10-5-11-21-34/h4-15,17-29,31,39H,2-3,16,30,32H2,1H3. The van der Waals surface area contributed by atoms with Crippen LogP contribution in [0.1, 0.15) is 43.1 Å². The molecule has 0 aliphatic rings. The maximum atomic E-state index is 6.32. The maximum absolute atomic E-state index is 6.32. The predicted molar refractivity (Wildman–Crippen MR) is 191 cm³/mol. The number of benzene rings is 5. The van der Waals surface area contributed by atoms with E-state index < -0.39 is 8.07 Å². The van der Waals surface area contributed by atoms with Gasteiger partial charge in [-0.1, -0.05) is 153 Å². The molecule has 223 valence electrons. The molecular weight excluding hydrogens is 563 g/mol. The first-order valence-electron chi connectivity index (χ1n) is 16.1. The zero-order valence-electron chi connectivity index (χ0n) is 26.0. The molecule has 6 aromatic rings. The van der Waals surface area contributed by atoms with Gasteiger partial charge in [-0.25, -0.2) is 0 Å². The average Bonchev–Trinajstić information content (AvgIpc) is 3.56. The highest BCUT2D eigenvalue weighted by Crippen LogP contribution is 2.23. The van der Waals surface area contributed by atoms with Crippen molar-refractivity contribution in [2.75, 3.05) is 6.61 Å². The van der Waals surface area contributed by atoms with Gasteiger partial charge in [-0.2, -0.15) is 0 Å². The van der Waals surface area contributed by atoms with Gasteiger partial charge in [0.15, 0.2) is 8.07 Å². The minimum Gasteiger partial charge on any atom is -0.494 e. The fraction of sp³-hybridized carbons (Fsp3) is 0.175. The Bertz CT molecular complexity index is 1660. The average molecular weight is 604 g/mol. The Kier molecular flexibility index (Phi) is 10.1. The Labute approximate surface area is 269 Å². The van der Waals surface area contributed by atoms with Crippen LogP contribution in [0.15, 0.2) is 158 Å². The fourth-order valence-corrected chi connectivity index (χ4v) is 11.0. The minimum atomic E-state index is -2.63. The lowest BCUT2D eigenvalue weighted by Gasteiger charge is -2.35. The van der Waals surface area contributed by atoms with Crippen LogP contribution in [0, 0.1) is 0 Å². The first-order chi connectivity index (χ1) is 22.3. The molecule has 0 amide bonds. The molecule has 6 rings (SSSR count). The molecule has 1 aromatic heterocycles. The summed E-state index contributed by atoms with van der Waals surface area (Å²) < 4.78 is 8.70. The minimum absolute atomic E-state index is 0.0814. The summed E-state index contributed by atoms with van der Waals surface area (Å²) in [5.41, 5.74) is 3.48. The molecule has 0 unspecified atom stereocenters. The van der Waals surface area contributed by atoms with Gasteiger partial charge in [0.2, 0.25) is 7.28 Å². The monoisotopic (exact) mass is 603 g/mol. The number of hydrogen-bond acceptors (Lipinski definition) is 2. The van der Waals surface area contributed by atoms with Crippen LogP contribution in [-0.2, 0) is 6.17 Å². The Morgan fingerprint density at radius 3 is 1.80 bits per heavy atom. The van der Waals surface area contributed by atoms with Crippen LogP contribution in [0.5, 0.6) is 5.75 Å². The second-order valence-electron chi connectivity index (χ2n) is 11.6. The van der Waals surface area contributed by atoms with Gasteiger partial charge in [-0.05, 0) is 51.1 Å². The number of unbranched alkanes of at least 4 members (excludes halogenated alkanes) is 2. The molecule has 5 aromatic carbocycles. The van der Waals surface area contributed by atoms with E-state index in [-0.39, 0.29) is 5.82 Å². The van der Waals surface area contributed by atoms with Crippen LogP contribution in [0.25, 0.3) is 0 Å². The van der Waals surface area contributed by atoms with Gasteiger partial charge in [-0.3, -0.25) is 4.98 Å². The third-order valence-electron chi connectivity index (χ3n) is 8.66. The summed E-state index contributed by atoms with van der Waals surface area (Å²) in [6, 6.07) is 52.5. The highest BCUT2D eigenvalue weighted by atomic mass is 28.3. The lowest BCUT2D eigenvalue weighted by atomic mass is 9.58. The molecule has 0 aliphatic heterocycles. The SMILES string of the molecule is CCCCCOc1cccc([Si](Cn2ccnc2[B]C(c2ccccc2)c2ccccc2)(c2ccccc2)c2ccccc2)c1. The highest BCUT2D eigenvalue weighted by Gasteiger charge is 2.40. The largest absolute Gasteiger partial charge is 0.494 e. The molecule has 0 N–H and O–H groups in total. The third-order valence-corrected chi connectivity index (χ3v) is 13.4. The lowest BCUT2D eigenvalue weighted by molar-refractivity contribution is 0.306. The molecular formula is C40H40BN2OSi. The zero-order chi connectivity index (χ0) is 30.7. The topological polar surface area (TPSA) is 27.1 Å². The zero-order valence-corrected chi connectivity index (χ0v) is 27.0. The van der Waals surface area contributed by atoms with Gasteiger partial charge in [0, 0.05) is 18.6 Å². The van der Waals surface area contributed by atoms with E-state index in [0.717, 1.165) is 30.7 Å². The number of ether oxygens (including phenoxy) is 1. The Morgan fingerprint density at radius 1 is 0.667 bits per heavy atom. The Morgan fingerprint density at radius 2 is 1.22 bits per heavy atom. The summed E-state index contributed by atoms with van der Waals surface area (Å²) in [6.45, 7) is 2.97. The van der Waals surface area contributed by atoms with Crippen LogP contribution >= 0.6 is 0 Å². The Balaban J connectivity index is 1.45. The van der Waals surface area contributed by atoms with Gasteiger partial charge in [0.05, 0.1) is 12.3 Å². The lowest BCUT2D eigenvalue weighted by Crippen LogP contribution is -2.70. The number of hydrogen-bond donors (Lipinski definition) is 0. The van der Waals surface area contributed by atoms with E-state index in [9.17, 15) is 0 Å². The van der Waals surface area contributed by atoms with E-state index in [1.807, 2.05) is 6.20 Å². The van der Waals surface area contributed by atoms with Gasteiger partial charge in [0.25, 0.3) is 0 Å². The van der Waals surface area contributed by atoms with Crippen LogP contribution in [0.3, 0.4) is 0 Å². The smallest absolute Gasteiger partial charge is 0.215 e. The second kappa shape index (κ2) is 14.9. The summed E-state index contributed by atoms with van der Waals surface area (Å²) in [6.07, 6.45) is 8.33. The van der Waals surface area contributed by atoms with Gasteiger partial charge < -0.3 is 9.30 Å². The van der Waals surface area contributed by atoms with Crippen molar-refractivity contribution in [3.05, 3.63) is 169 Å². The molecule has 1 radical (unpaired) electrons. The summed E-state index contributed by atoms with van der Waals surface area (Å²) in [5, 5.41) is 4.05. The maximum Gasteiger partial charge on any atom is 0.215 e. The molecule has 0 fully saturated rings. The molecule has 0 aliphatic carbocycles. The van der Waals surface area contributed by atoms with E-state index in [4.69, 9.17) is 9.72 Å². The summed E-state index contributed by atoms with van der Waals surface area (Å²) in [4.78, 5) is 4.95. The first kappa shape index (κ1) is 30.4. The van der Waals surface area contributed by atoms with E-state index in [2.05, 4.69) is 171 Å². The fourth-order valence-electron chi connectivity index (χ4n) is 6.34. The molecule has 0 saturated heterocycles. The molecule has 3 nitrogen and oxygen atoms in total. The molecule has 0 spiro atoms. The van der Waals surface area contributed by atoms with Gasteiger partial charge >= 0.3 is 0 Å². The summed E-state index contributed by atoms with van der Waals surface area (Å²) in [7, 11) is -0.306. The van der Waals surface area contributed by atoms with Crippen molar-refractivity contribution in [2.45, 2.75) is 38.2 Å². The quantitative estimate of drug-likeness (QED) is 0.0833. The normalized spacial score (nSPS) is 11.4. The van der Waals surface area contributed by atoms with Crippen LogP contribution < -0.4 is 26.0 Å². The third kappa shape index (κ3) is 7.05. The van der Waals surface area contributed by atoms with Crippen molar-refractivity contribution >= 4 is 36.6 Å². The number of nitrogens with zero attached hydrogens (tertiary/aromatic N) is 2. The van der Waals surface area contributed by atoms with Crippen LogP contribution in [0.2, 0.25) is 0 Å². The van der Waals surface area contributed by atoms with Crippen LogP contribution in [0.4, 0.5) is 0 Å². The second-order valence-corrected chi connectivity index (χ2v) is 15.5. The molecule has 45 heavy (non-hydrogen) atoms. The van der Waals surface area contributed by atoms with Crippen LogP contribution in [-0.4, -0.2) is 31.5 Å². The van der Waals surface area contributed by atoms with Crippen molar-refractivity contribution in [3.63, 3.8) is 0 Å². The van der Waals surface area contributed by atoms with Gasteiger partial charge in [-0.15, -0.1) is 0 Å². The molecule has 0 bridgehead atoms. The number of rotatable bonds is 14. The van der Waals surface area contributed by atoms with Crippen molar-refractivity contribution in [3.8, 4) is 5.75 Å². The molecule has 0 atom stereocenters. The first-order valence-corrected chi connectivity index (χ1v) is 18.3. The molecule has 1 heterocycles. The highest BCUT2D eigenvalue weighted by molar-refractivity contribution is 7.10. The predicted octanol–water partition coefficient (Wildman–Crippen LogP) is 6.28. The molecule has 5 heteroatoms. The van der Waals surface area contributed by atoms with E-state index in [0.29, 0.717) is 0 Å².